The van der Waals surface area contributed by atoms with E-state index in [2.05, 4.69) is 19.2 Å². The van der Waals surface area contributed by atoms with Gasteiger partial charge in [0.15, 0.2) is 0 Å². The molecule has 0 spiro atoms. The zero-order valence-electron chi connectivity index (χ0n) is 12.3. The lowest BCUT2D eigenvalue weighted by atomic mass is 9.81. The van der Waals surface area contributed by atoms with Gasteiger partial charge in [0.2, 0.25) is 0 Å². The first-order chi connectivity index (χ1) is 8.81. The molecular weight excluding hydrogens is 222 g/mol. The highest BCUT2D eigenvalue weighted by Gasteiger charge is 2.23. The van der Waals surface area contributed by atoms with Crippen molar-refractivity contribution in [3.05, 3.63) is 0 Å². The average Bonchev–Trinajstić information content (AvgIpc) is 2.46. The number of rotatable bonds is 5. The van der Waals surface area contributed by atoms with Gasteiger partial charge in [-0.1, -0.05) is 33.1 Å². The molecular formula is C16H31NO. The molecule has 2 heteroatoms. The van der Waals surface area contributed by atoms with Gasteiger partial charge in [-0.25, -0.2) is 0 Å². The van der Waals surface area contributed by atoms with E-state index in [1.807, 2.05) is 0 Å². The minimum Gasteiger partial charge on any atom is -0.378 e. The zero-order valence-corrected chi connectivity index (χ0v) is 12.3. The summed E-state index contributed by atoms with van der Waals surface area (Å²) in [7, 11) is 0. The maximum Gasteiger partial charge on any atom is 0.0587 e. The molecule has 0 bridgehead atoms. The molecule has 2 aliphatic rings. The predicted octanol–water partition coefficient (Wildman–Crippen LogP) is 3.75. The van der Waals surface area contributed by atoms with Crippen LogP contribution < -0.4 is 5.32 Å². The normalized spacial score (nSPS) is 37.7. The van der Waals surface area contributed by atoms with E-state index < -0.39 is 0 Å². The molecule has 1 heterocycles. The Morgan fingerprint density at radius 2 is 1.67 bits per heavy atom. The van der Waals surface area contributed by atoms with Crippen LogP contribution in [0.25, 0.3) is 0 Å². The van der Waals surface area contributed by atoms with E-state index in [1.165, 1.54) is 57.9 Å². The van der Waals surface area contributed by atoms with Gasteiger partial charge in [-0.3, -0.25) is 0 Å². The van der Waals surface area contributed by atoms with Crippen molar-refractivity contribution in [2.45, 2.75) is 77.4 Å². The van der Waals surface area contributed by atoms with Crippen molar-refractivity contribution < 1.29 is 4.74 Å². The maximum absolute atomic E-state index is 5.74. The molecule has 0 aromatic rings. The Labute approximate surface area is 113 Å². The van der Waals surface area contributed by atoms with E-state index in [1.54, 1.807) is 0 Å². The molecule has 18 heavy (non-hydrogen) atoms. The van der Waals surface area contributed by atoms with E-state index in [-0.39, 0.29) is 0 Å². The van der Waals surface area contributed by atoms with Crippen LogP contribution in [0.3, 0.4) is 0 Å². The topological polar surface area (TPSA) is 21.3 Å². The highest BCUT2D eigenvalue weighted by atomic mass is 16.5. The molecule has 2 nitrogen and oxygen atoms in total. The fourth-order valence-electron chi connectivity index (χ4n) is 3.53. The van der Waals surface area contributed by atoms with Gasteiger partial charge in [-0.2, -0.15) is 0 Å². The molecule has 0 radical (unpaired) electrons. The van der Waals surface area contributed by atoms with Gasteiger partial charge in [0.25, 0.3) is 0 Å². The van der Waals surface area contributed by atoms with Crippen molar-refractivity contribution in [3.8, 4) is 0 Å². The van der Waals surface area contributed by atoms with Gasteiger partial charge in [0.05, 0.1) is 6.10 Å². The van der Waals surface area contributed by atoms with E-state index in [0.717, 1.165) is 18.4 Å². The summed E-state index contributed by atoms with van der Waals surface area (Å²) in [4.78, 5) is 0. The Hall–Kier alpha value is -0.0800. The summed E-state index contributed by atoms with van der Waals surface area (Å²) in [6.07, 6.45) is 11.3. The van der Waals surface area contributed by atoms with Crippen molar-refractivity contribution in [1.82, 2.24) is 5.32 Å². The first kappa shape index (κ1) is 14.3. The highest BCUT2D eigenvalue weighted by Crippen LogP contribution is 2.30. The van der Waals surface area contributed by atoms with Crippen LogP contribution >= 0.6 is 0 Å². The Kier molecular flexibility index (Phi) is 5.97. The van der Waals surface area contributed by atoms with Gasteiger partial charge in [0, 0.05) is 12.6 Å². The predicted molar refractivity (Wildman–Crippen MR) is 76.8 cm³/mol. The lowest BCUT2D eigenvalue weighted by Gasteiger charge is -2.33. The van der Waals surface area contributed by atoms with Gasteiger partial charge in [0.1, 0.15) is 0 Å². The lowest BCUT2D eigenvalue weighted by molar-refractivity contribution is -0.000931. The fraction of sp³-hybridized carbons (Fsp3) is 1.00. The number of ether oxygens (including phenoxy) is 1. The number of nitrogens with one attached hydrogen (secondary N) is 1. The third kappa shape index (κ3) is 4.24. The first-order valence-electron chi connectivity index (χ1n) is 8.16. The quantitative estimate of drug-likeness (QED) is 0.805. The molecule has 2 rings (SSSR count). The molecule has 0 aromatic heterocycles. The summed E-state index contributed by atoms with van der Waals surface area (Å²) >= 11 is 0. The van der Waals surface area contributed by atoms with E-state index in [4.69, 9.17) is 4.74 Å². The van der Waals surface area contributed by atoms with Crippen LogP contribution in [0.15, 0.2) is 0 Å². The molecule has 1 saturated heterocycles. The van der Waals surface area contributed by atoms with Crippen LogP contribution in [0.2, 0.25) is 0 Å². The van der Waals surface area contributed by atoms with Crippen molar-refractivity contribution in [3.63, 3.8) is 0 Å². The molecule has 106 valence electrons. The van der Waals surface area contributed by atoms with Gasteiger partial charge in [-0.15, -0.1) is 0 Å². The second-order valence-corrected chi connectivity index (χ2v) is 6.33. The second kappa shape index (κ2) is 7.49. The number of hydrogen-bond acceptors (Lipinski definition) is 2. The van der Waals surface area contributed by atoms with Gasteiger partial charge < -0.3 is 10.1 Å². The minimum absolute atomic E-state index is 0.507. The van der Waals surface area contributed by atoms with Crippen molar-refractivity contribution in [2.24, 2.45) is 11.8 Å². The van der Waals surface area contributed by atoms with Crippen LogP contribution in [0.4, 0.5) is 0 Å². The smallest absolute Gasteiger partial charge is 0.0587 e. The summed E-state index contributed by atoms with van der Waals surface area (Å²) in [6.45, 7) is 6.78. The van der Waals surface area contributed by atoms with Crippen LogP contribution in [-0.4, -0.2) is 25.3 Å². The summed E-state index contributed by atoms with van der Waals surface area (Å²) in [5, 5.41) is 3.81. The fourth-order valence-corrected chi connectivity index (χ4v) is 3.53. The molecule has 1 saturated carbocycles. The largest absolute Gasteiger partial charge is 0.378 e. The van der Waals surface area contributed by atoms with Crippen molar-refractivity contribution in [1.29, 1.82) is 0 Å². The summed E-state index contributed by atoms with van der Waals surface area (Å²) in [5.41, 5.74) is 0. The van der Waals surface area contributed by atoms with Crippen LogP contribution in [0.1, 0.15) is 65.2 Å². The molecule has 1 aliphatic carbocycles. The van der Waals surface area contributed by atoms with Crippen molar-refractivity contribution >= 4 is 0 Å². The Morgan fingerprint density at radius 3 is 2.33 bits per heavy atom. The molecule has 2 atom stereocenters. The third-order valence-corrected chi connectivity index (χ3v) is 5.06. The van der Waals surface area contributed by atoms with E-state index in [9.17, 15) is 0 Å². The molecule has 2 fully saturated rings. The monoisotopic (exact) mass is 253 g/mol. The number of hydrogen-bond donors (Lipinski definition) is 1. The SMILES string of the molecule is CCC1CCC(CNC2CCOC(CC)C2)CC1. The third-order valence-electron chi connectivity index (χ3n) is 5.06. The average molecular weight is 253 g/mol. The summed E-state index contributed by atoms with van der Waals surface area (Å²) in [5.74, 6) is 1.96. The highest BCUT2D eigenvalue weighted by molar-refractivity contribution is 4.79. The summed E-state index contributed by atoms with van der Waals surface area (Å²) in [6, 6.07) is 0.715. The van der Waals surface area contributed by atoms with Crippen LogP contribution in [0.5, 0.6) is 0 Å². The van der Waals surface area contributed by atoms with Crippen LogP contribution in [-0.2, 0) is 4.74 Å². The lowest BCUT2D eigenvalue weighted by Crippen LogP contribution is -2.41. The second-order valence-electron chi connectivity index (χ2n) is 6.33. The van der Waals surface area contributed by atoms with Gasteiger partial charge in [-0.05, 0) is 50.5 Å². The van der Waals surface area contributed by atoms with E-state index >= 15 is 0 Å². The first-order valence-corrected chi connectivity index (χ1v) is 8.16. The van der Waals surface area contributed by atoms with E-state index in [0.29, 0.717) is 12.1 Å². The van der Waals surface area contributed by atoms with Crippen LogP contribution in [0, 0.1) is 11.8 Å². The van der Waals surface area contributed by atoms with Gasteiger partial charge >= 0.3 is 0 Å². The Balaban J connectivity index is 1.63. The summed E-state index contributed by atoms with van der Waals surface area (Å²) < 4.78 is 5.74. The molecule has 0 amide bonds. The molecule has 1 aliphatic heterocycles. The molecule has 0 aromatic carbocycles. The molecule has 1 N–H and O–H groups in total. The maximum atomic E-state index is 5.74. The molecule has 2 unspecified atom stereocenters. The minimum atomic E-state index is 0.507. The standard InChI is InChI=1S/C16H31NO/c1-3-13-5-7-14(8-6-13)12-17-15-9-10-18-16(4-2)11-15/h13-17H,3-12H2,1-2H3. The van der Waals surface area contributed by atoms with Crippen molar-refractivity contribution in [2.75, 3.05) is 13.2 Å². The Morgan fingerprint density at radius 1 is 0.944 bits per heavy atom. The Bertz CT molecular complexity index is 223. The zero-order chi connectivity index (χ0) is 12.8.